The SMILES string of the molecule is COc1ccc(-c2ccc3nn(C(Cc4ccccc4)C(=O)NO)c(C#CC4CC4)c3c2)cn1. The molecule has 1 amide bonds. The van der Waals surface area contributed by atoms with Gasteiger partial charge in [0.05, 0.1) is 12.6 Å². The topological polar surface area (TPSA) is 89.3 Å². The summed E-state index contributed by atoms with van der Waals surface area (Å²) in [7, 11) is 1.58. The van der Waals surface area contributed by atoms with E-state index < -0.39 is 11.9 Å². The van der Waals surface area contributed by atoms with Gasteiger partial charge in [-0.25, -0.2) is 15.1 Å². The number of hydrogen-bond donors (Lipinski definition) is 2. The molecule has 1 unspecified atom stereocenters. The van der Waals surface area contributed by atoms with E-state index in [1.807, 2.05) is 66.1 Å². The smallest absolute Gasteiger partial charge is 0.268 e. The molecule has 1 aliphatic rings. The highest BCUT2D eigenvalue weighted by Crippen LogP contribution is 2.31. The Labute approximate surface area is 197 Å². The van der Waals surface area contributed by atoms with E-state index in [0.717, 1.165) is 40.4 Å². The molecule has 7 heteroatoms. The Bertz CT molecular complexity index is 1380. The molecule has 2 aromatic heterocycles. The van der Waals surface area contributed by atoms with Crippen LogP contribution in [0.5, 0.6) is 5.88 Å². The molecule has 1 aliphatic carbocycles. The van der Waals surface area contributed by atoms with Gasteiger partial charge < -0.3 is 4.74 Å². The van der Waals surface area contributed by atoms with Crippen LogP contribution in [0.1, 0.15) is 30.1 Å². The van der Waals surface area contributed by atoms with Gasteiger partial charge in [0.2, 0.25) is 5.88 Å². The predicted octanol–water partition coefficient (Wildman–Crippen LogP) is 4.16. The lowest BCUT2D eigenvalue weighted by atomic mass is 10.0. The van der Waals surface area contributed by atoms with Gasteiger partial charge in [-0.15, -0.1) is 0 Å². The number of methoxy groups -OCH3 is 1. The molecule has 0 spiro atoms. The van der Waals surface area contributed by atoms with Gasteiger partial charge in [0.1, 0.15) is 11.7 Å². The largest absolute Gasteiger partial charge is 0.481 e. The highest BCUT2D eigenvalue weighted by molar-refractivity contribution is 5.90. The van der Waals surface area contributed by atoms with Gasteiger partial charge in [-0.1, -0.05) is 42.3 Å². The van der Waals surface area contributed by atoms with Crippen LogP contribution in [-0.4, -0.2) is 33.0 Å². The van der Waals surface area contributed by atoms with Crippen molar-refractivity contribution < 1.29 is 14.7 Å². The number of ether oxygens (including phenoxy) is 1. The van der Waals surface area contributed by atoms with Crippen molar-refractivity contribution in [1.82, 2.24) is 20.2 Å². The quantitative estimate of drug-likeness (QED) is 0.261. The van der Waals surface area contributed by atoms with Gasteiger partial charge in [-0.2, -0.15) is 5.10 Å². The van der Waals surface area contributed by atoms with Crippen LogP contribution in [0.3, 0.4) is 0 Å². The molecule has 2 aromatic carbocycles. The first-order valence-electron chi connectivity index (χ1n) is 11.2. The zero-order valence-electron chi connectivity index (χ0n) is 18.7. The van der Waals surface area contributed by atoms with Crippen molar-refractivity contribution in [2.45, 2.75) is 25.3 Å². The van der Waals surface area contributed by atoms with Gasteiger partial charge in [-0.05, 0) is 48.1 Å². The highest BCUT2D eigenvalue weighted by atomic mass is 16.5. The summed E-state index contributed by atoms with van der Waals surface area (Å²) >= 11 is 0. The number of carbonyl (C=O) groups is 1. The zero-order valence-corrected chi connectivity index (χ0v) is 18.7. The van der Waals surface area contributed by atoms with Crippen LogP contribution in [-0.2, 0) is 11.2 Å². The van der Waals surface area contributed by atoms with Gasteiger partial charge in [0, 0.05) is 35.6 Å². The summed E-state index contributed by atoms with van der Waals surface area (Å²) in [6.45, 7) is 0. The minimum atomic E-state index is -0.755. The number of benzene rings is 2. The lowest BCUT2D eigenvalue weighted by Gasteiger charge is -2.17. The van der Waals surface area contributed by atoms with E-state index in [9.17, 15) is 10.0 Å². The van der Waals surface area contributed by atoms with Gasteiger partial charge in [0.25, 0.3) is 5.91 Å². The molecule has 34 heavy (non-hydrogen) atoms. The summed E-state index contributed by atoms with van der Waals surface area (Å²) in [5, 5.41) is 15.1. The number of hydroxylamine groups is 1. The Balaban J connectivity index is 1.63. The van der Waals surface area contributed by atoms with E-state index in [1.54, 1.807) is 18.0 Å². The average molecular weight is 453 g/mol. The summed E-state index contributed by atoms with van der Waals surface area (Å²) in [6.07, 6.45) is 4.31. The van der Waals surface area contributed by atoms with Crippen LogP contribution in [0.4, 0.5) is 0 Å². The number of fused-ring (bicyclic) bond motifs is 1. The molecule has 4 aromatic rings. The first kappa shape index (κ1) is 21.7. The van der Waals surface area contributed by atoms with E-state index in [4.69, 9.17) is 9.84 Å². The first-order valence-corrected chi connectivity index (χ1v) is 11.2. The molecule has 2 N–H and O–H groups in total. The fraction of sp³-hybridized carbons (Fsp3) is 0.222. The summed E-state index contributed by atoms with van der Waals surface area (Å²) in [4.78, 5) is 17.1. The van der Waals surface area contributed by atoms with Crippen molar-refractivity contribution in [2.75, 3.05) is 7.11 Å². The molecule has 2 heterocycles. The Morgan fingerprint density at radius 1 is 1.18 bits per heavy atom. The summed E-state index contributed by atoms with van der Waals surface area (Å²) in [6, 6.07) is 18.6. The lowest BCUT2D eigenvalue weighted by Crippen LogP contribution is -2.33. The van der Waals surface area contributed by atoms with Crippen molar-refractivity contribution in [3.8, 4) is 28.8 Å². The van der Waals surface area contributed by atoms with Crippen LogP contribution in [0.2, 0.25) is 0 Å². The second-order valence-electron chi connectivity index (χ2n) is 8.34. The molecule has 7 nitrogen and oxygen atoms in total. The number of rotatable bonds is 6. The number of pyridine rings is 1. The van der Waals surface area contributed by atoms with Gasteiger partial charge >= 0.3 is 0 Å². The highest BCUT2D eigenvalue weighted by Gasteiger charge is 2.26. The maximum absolute atomic E-state index is 12.8. The van der Waals surface area contributed by atoms with Crippen LogP contribution < -0.4 is 10.2 Å². The molecule has 0 aliphatic heterocycles. The molecule has 1 saturated carbocycles. The Hall–Kier alpha value is -4.15. The molecule has 0 saturated heterocycles. The van der Waals surface area contributed by atoms with Gasteiger partial charge in [-0.3, -0.25) is 10.0 Å². The number of nitrogens with zero attached hydrogens (tertiary/aromatic N) is 3. The Kier molecular flexibility index (Phi) is 5.98. The summed E-state index contributed by atoms with van der Waals surface area (Å²) in [5.41, 5.74) is 6.06. The molecule has 5 rings (SSSR count). The average Bonchev–Trinajstić information content (AvgIpc) is 3.65. The normalized spacial score (nSPS) is 13.7. The second-order valence-corrected chi connectivity index (χ2v) is 8.34. The van der Waals surface area contributed by atoms with E-state index in [2.05, 4.69) is 16.8 Å². The van der Waals surface area contributed by atoms with Crippen LogP contribution in [0.25, 0.3) is 22.0 Å². The predicted molar refractivity (Wildman–Crippen MR) is 128 cm³/mol. The fourth-order valence-electron chi connectivity index (χ4n) is 3.90. The van der Waals surface area contributed by atoms with Crippen LogP contribution >= 0.6 is 0 Å². The first-order chi connectivity index (χ1) is 16.7. The van der Waals surface area contributed by atoms with Crippen LogP contribution in [0, 0.1) is 17.8 Å². The third kappa shape index (κ3) is 4.49. The number of amides is 1. The van der Waals surface area contributed by atoms with Crippen molar-refractivity contribution >= 4 is 16.8 Å². The summed E-state index contributed by atoms with van der Waals surface area (Å²) < 4.78 is 6.81. The number of carbonyl (C=O) groups excluding carboxylic acids is 1. The molecular formula is C27H24N4O3. The van der Waals surface area contributed by atoms with E-state index in [-0.39, 0.29) is 0 Å². The molecule has 170 valence electrons. The van der Waals surface area contributed by atoms with Crippen molar-refractivity contribution in [3.63, 3.8) is 0 Å². The molecular weight excluding hydrogens is 428 g/mol. The van der Waals surface area contributed by atoms with Gasteiger partial charge in [0.15, 0.2) is 0 Å². The lowest BCUT2D eigenvalue weighted by molar-refractivity contribution is -0.132. The van der Waals surface area contributed by atoms with E-state index in [0.29, 0.717) is 23.9 Å². The van der Waals surface area contributed by atoms with Crippen molar-refractivity contribution in [3.05, 3.63) is 78.1 Å². The molecule has 1 fully saturated rings. The Morgan fingerprint density at radius 3 is 2.65 bits per heavy atom. The van der Waals surface area contributed by atoms with Crippen molar-refractivity contribution in [2.24, 2.45) is 5.92 Å². The summed E-state index contributed by atoms with van der Waals surface area (Å²) in [5.74, 6) is 6.99. The molecule has 0 radical (unpaired) electrons. The standard InChI is InChI=1S/C27H24N4O3/c1-34-26-14-11-21(17-28-26)20-10-12-23-22(16-20)24(13-9-18-7-8-18)31(29-23)25(27(32)30-33)15-19-5-3-2-4-6-19/h2-6,10-12,14,16-18,25,33H,7-8,15H2,1H3,(H,30,32). The maximum atomic E-state index is 12.8. The number of aromatic nitrogens is 3. The minimum absolute atomic E-state index is 0.370. The maximum Gasteiger partial charge on any atom is 0.268 e. The van der Waals surface area contributed by atoms with Crippen molar-refractivity contribution in [1.29, 1.82) is 0 Å². The fourth-order valence-corrected chi connectivity index (χ4v) is 3.90. The molecule has 1 atom stereocenters. The molecule has 0 bridgehead atoms. The third-order valence-electron chi connectivity index (χ3n) is 5.93. The van der Waals surface area contributed by atoms with E-state index >= 15 is 0 Å². The second kappa shape index (κ2) is 9.38. The third-order valence-corrected chi connectivity index (χ3v) is 5.93. The van der Waals surface area contributed by atoms with Crippen LogP contribution in [0.15, 0.2) is 66.9 Å². The zero-order chi connectivity index (χ0) is 23.5. The van der Waals surface area contributed by atoms with E-state index in [1.165, 1.54) is 0 Å². The number of nitrogens with one attached hydrogen (secondary N) is 1. The minimum Gasteiger partial charge on any atom is -0.481 e. The monoisotopic (exact) mass is 452 g/mol. The number of hydrogen-bond acceptors (Lipinski definition) is 5. The Morgan fingerprint density at radius 2 is 1.97 bits per heavy atom.